The average Bonchev–Trinajstić information content (AvgIpc) is 2.90. The summed E-state index contributed by atoms with van der Waals surface area (Å²) in [5.74, 6) is -0.458. The molecule has 0 spiro atoms. The molecule has 0 saturated carbocycles. The molecule has 0 bridgehead atoms. The van der Waals surface area contributed by atoms with Gasteiger partial charge in [0.25, 0.3) is 11.6 Å². The Labute approximate surface area is 132 Å². The summed E-state index contributed by atoms with van der Waals surface area (Å²) in [6, 6.07) is 13.6. The number of hydrogen-bond acceptors (Lipinski definition) is 4. The molecule has 1 aliphatic rings. The highest BCUT2D eigenvalue weighted by Crippen LogP contribution is 2.30. The van der Waals surface area contributed by atoms with E-state index in [1.165, 1.54) is 12.1 Å². The van der Waals surface area contributed by atoms with Crippen LogP contribution in [0.5, 0.6) is 0 Å². The molecule has 6 nitrogen and oxygen atoms in total. The van der Waals surface area contributed by atoms with Crippen LogP contribution in [0.2, 0.25) is 0 Å². The molecule has 0 aliphatic heterocycles. The fourth-order valence-electron chi connectivity index (χ4n) is 2.88. The van der Waals surface area contributed by atoms with Gasteiger partial charge in [-0.15, -0.1) is 0 Å². The predicted octanol–water partition coefficient (Wildman–Crippen LogP) is 1.74. The maximum absolute atomic E-state index is 12.3. The van der Waals surface area contributed by atoms with Crippen LogP contribution in [-0.4, -0.2) is 21.5 Å². The van der Waals surface area contributed by atoms with Crippen LogP contribution < -0.4 is 5.32 Å². The molecule has 0 aromatic heterocycles. The molecule has 2 aromatic carbocycles. The Morgan fingerprint density at radius 1 is 1.17 bits per heavy atom. The molecule has 2 aromatic rings. The number of non-ortho nitro benzene ring substituents is 1. The van der Waals surface area contributed by atoms with Crippen LogP contribution in [-0.2, 0) is 24.2 Å². The lowest BCUT2D eigenvalue weighted by atomic mass is 9.99. The summed E-state index contributed by atoms with van der Waals surface area (Å²) in [6.45, 7) is 0.138. The smallest absolute Gasteiger partial charge is 0.269 e. The lowest BCUT2D eigenvalue weighted by Gasteiger charge is -2.21. The topological polar surface area (TPSA) is 92.5 Å². The number of fused-ring (bicyclic) bond motifs is 1. The first-order valence-electron chi connectivity index (χ1n) is 7.29. The number of benzene rings is 2. The van der Waals surface area contributed by atoms with Crippen LogP contribution >= 0.6 is 0 Å². The van der Waals surface area contributed by atoms with Gasteiger partial charge < -0.3 is 10.4 Å². The van der Waals surface area contributed by atoms with E-state index in [1.807, 2.05) is 24.3 Å². The Bertz CT molecular complexity index is 748. The molecule has 0 radical (unpaired) electrons. The van der Waals surface area contributed by atoms with Crippen LogP contribution in [0.3, 0.4) is 0 Å². The maximum Gasteiger partial charge on any atom is 0.269 e. The van der Waals surface area contributed by atoms with Gasteiger partial charge in [0, 0.05) is 31.5 Å². The number of carbonyl (C=O) groups is 1. The van der Waals surface area contributed by atoms with Crippen LogP contribution in [0.4, 0.5) is 5.69 Å². The van der Waals surface area contributed by atoms with Crippen LogP contribution in [0.1, 0.15) is 16.7 Å². The van der Waals surface area contributed by atoms with Gasteiger partial charge in [-0.2, -0.15) is 0 Å². The summed E-state index contributed by atoms with van der Waals surface area (Å²) < 4.78 is 0. The highest BCUT2D eigenvalue weighted by molar-refractivity contribution is 5.86. The Balaban J connectivity index is 1.66. The summed E-state index contributed by atoms with van der Waals surface area (Å²) in [4.78, 5) is 22.6. The number of hydrogen-bond donors (Lipinski definition) is 2. The highest BCUT2D eigenvalue weighted by Gasteiger charge is 2.41. The van der Waals surface area contributed by atoms with Crippen molar-refractivity contribution in [2.45, 2.75) is 25.0 Å². The standard InChI is InChI=1S/C17H16N2O4/c20-16(17(21)9-13-5-1-2-6-14(13)10-17)18-11-12-4-3-7-15(8-12)19(22)23/h1-8,21H,9-11H2,(H,18,20). The van der Waals surface area contributed by atoms with Gasteiger partial charge >= 0.3 is 0 Å². The van der Waals surface area contributed by atoms with Crippen molar-refractivity contribution in [3.05, 3.63) is 75.3 Å². The third-order valence-electron chi connectivity index (χ3n) is 4.08. The van der Waals surface area contributed by atoms with Gasteiger partial charge in [-0.1, -0.05) is 36.4 Å². The zero-order valence-electron chi connectivity index (χ0n) is 12.4. The van der Waals surface area contributed by atoms with Crippen molar-refractivity contribution in [1.29, 1.82) is 0 Å². The minimum absolute atomic E-state index is 0.0243. The molecule has 0 heterocycles. The van der Waals surface area contributed by atoms with Crippen molar-refractivity contribution in [1.82, 2.24) is 5.32 Å². The summed E-state index contributed by atoms with van der Waals surface area (Å²) in [5.41, 5.74) is 1.08. The molecule has 118 valence electrons. The molecular weight excluding hydrogens is 296 g/mol. The fourth-order valence-corrected chi connectivity index (χ4v) is 2.88. The number of carbonyl (C=O) groups excluding carboxylic acids is 1. The van der Waals surface area contributed by atoms with Gasteiger partial charge in [-0.3, -0.25) is 14.9 Å². The van der Waals surface area contributed by atoms with Crippen molar-refractivity contribution >= 4 is 11.6 Å². The van der Waals surface area contributed by atoms with Crippen LogP contribution in [0.15, 0.2) is 48.5 Å². The summed E-state index contributed by atoms with van der Waals surface area (Å²) >= 11 is 0. The normalized spacial score (nSPS) is 15.0. The molecule has 6 heteroatoms. The Hall–Kier alpha value is -2.73. The predicted molar refractivity (Wildman–Crippen MR) is 83.7 cm³/mol. The number of nitrogens with zero attached hydrogens (tertiary/aromatic N) is 1. The quantitative estimate of drug-likeness (QED) is 0.664. The maximum atomic E-state index is 12.3. The van der Waals surface area contributed by atoms with E-state index >= 15 is 0 Å². The van der Waals surface area contributed by atoms with Gasteiger partial charge in [0.15, 0.2) is 5.60 Å². The molecule has 1 aliphatic carbocycles. The van der Waals surface area contributed by atoms with Gasteiger partial charge in [0.05, 0.1) is 4.92 Å². The second-order valence-corrected chi connectivity index (χ2v) is 5.76. The Morgan fingerprint density at radius 3 is 2.43 bits per heavy atom. The molecule has 0 unspecified atom stereocenters. The fraction of sp³-hybridized carbons (Fsp3) is 0.235. The second kappa shape index (κ2) is 5.81. The number of nitrogens with one attached hydrogen (secondary N) is 1. The first-order valence-corrected chi connectivity index (χ1v) is 7.29. The molecule has 3 rings (SSSR count). The van der Waals surface area contributed by atoms with Crippen molar-refractivity contribution < 1.29 is 14.8 Å². The number of amides is 1. The monoisotopic (exact) mass is 312 g/mol. The molecule has 0 atom stereocenters. The Morgan fingerprint density at radius 2 is 1.83 bits per heavy atom. The molecular formula is C17H16N2O4. The van der Waals surface area contributed by atoms with E-state index in [1.54, 1.807) is 12.1 Å². The summed E-state index contributed by atoms with van der Waals surface area (Å²) in [5, 5.41) is 24.0. The lowest BCUT2D eigenvalue weighted by molar-refractivity contribution is -0.384. The third kappa shape index (κ3) is 3.07. The highest BCUT2D eigenvalue weighted by atomic mass is 16.6. The van der Waals surface area contributed by atoms with Crippen molar-refractivity contribution in [2.24, 2.45) is 0 Å². The van der Waals surface area contributed by atoms with Crippen molar-refractivity contribution in [2.75, 3.05) is 0 Å². The SMILES string of the molecule is O=C(NCc1cccc([N+](=O)[O-])c1)C1(O)Cc2ccccc2C1. The number of rotatable bonds is 4. The molecule has 0 saturated heterocycles. The van der Waals surface area contributed by atoms with E-state index in [0.717, 1.165) is 11.1 Å². The summed E-state index contributed by atoms with van der Waals surface area (Å²) in [7, 11) is 0. The number of aliphatic hydroxyl groups is 1. The van der Waals surface area contributed by atoms with E-state index in [9.17, 15) is 20.0 Å². The third-order valence-corrected chi connectivity index (χ3v) is 4.08. The van der Waals surface area contributed by atoms with Crippen molar-refractivity contribution in [3.8, 4) is 0 Å². The molecule has 0 fully saturated rings. The minimum atomic E-state index is -1.45. The van der Waals surface area contributed by atoms with Gasteiger partial charge in [0.1, 0.15) is 0 Å². The lowest BCUT2D eigenvalue weighted by Crippen LogP contribution is -2.47. The zero-order chi connectivity index (χ0) is 16.4. The average molecular weight is 312 g/mol. The van der Waals surface area contributed by atoms with E-state index < -0.39 is 16.4 Å². The summed E-state index contributed by atoms with van der Waals surface area (Å²) in [6.07, 6.45) is 0.563. The Kier molecular flexibility index (Phi) is 3.83. The van der Waals surface area contributed by atoms with Gasteiger partial charge in [0.2, 0.25) is 0 Å². The van der Waals surface area contributed by atoms with Crippen LogP contribution in [0.25, 0.3) is 0 Å². The van der Waals surface area contributed by atoms with Crippen molar-refractivity contribution in [3.63, 3.8) is 0 Å². The van der Waals surface area contributed by atoms with E-state index in [0.29, 0.717) is 5.56 Å². The first kappa shape index (κ1) is 15.2. The van der Waals surface area contributed by atoms with Gasteiger partial charge in [-0.05, 0) is 16.7 Å². The second-order valence-electron chi connectivity index (χ2n) is 5.76. The molecule has 23 heavy (non-hydrogen) atoms. The van der Waals surface area contributed by atoms with E-state index in [-0.39, 0.29) is 25.1 Å². The van der Waals surface area contributed by atoms with E-state index in [4.69, 9.17) is 0 Å². The first-order chi connectivity index (χ1) is 11.0. The minimum Gasteiger partial charge on any atom is -0.379 e. The van der Waals surface area contributed by atoms with Gasteiger partial charge in [-0.25, -0.2) is 0 Å². The van der Waals surface area contributed by atoms with Crippen LogP contribution in [0, 0.1) is 10.1 Å². The zero-order valence-corrected chi connectivity index (χ0v) is 12.4. The number of nitro benzene ring substituents is 1. The molecule has 1 amide bonds. The van der Waals surface area contributed by atoms with E-state index in [2.05, 4.69) is 5.32 Å². The molecule has 2 N–H and O–H groups in total. The largest absolute Gasteiger partial charge is 0.379 e. The number of nitro groups is 1.